The fourth-order valence-electron chi connectivity index (χ4n) is 1.06. The Morgan fingerprint density at radius 2 is 1.50 bits per heavy atom. The van der Waals surface area contributed by atoms with Gasteiger partial charge in [-0.15, -0.1) is 0 Å². The van der Waals surface area contributed by atoms with E-state index in [9.17, 15) is 0 Å². The van der Waals surface area contributed by atoms with Gasteiger partial charge in [-0.25, -0.2) is 0 Å². The van der Waals surface area contributed by atoms with Crippen molar-refractivity contribution in [2.45, 2.75) is 38.4 Å². The molecule has 1 radical (unpaired) electrons. The zero-order chi connectivity index (χ0) is 6.78. The van der Waals surface area contributed by atoms with Gasteiger partial charge in [0.1, 0.15) is 0 Å². The highest BCUT2D eigenvalue weighted by Crippen LogP contribution is 2.09. The highest BCUT2D eigenvalue weighted by atomic mass is 28.4. The molecule has 2 heteroatoms. The molecule has 0 aliphatic carbocycles. The number of hydrogen-bond acceptors (Lipinski definition) is 0. The zero-order valence-corrected chi connectivity index (χ0v) is 8.71. The smallest absolute Gasteiger partial charge is 0.0414 e. The van der Waals surface area contributed by atoms with Gasteiger partial charge in [-0.3, -0.25) is 0 Å². The lowest BCUT2D eigenvalue weighted by Crippen LogP contribution is -2.25. The topological polar surface area (TPSA) is 0 Å². The highest BCUT2D eigenvalue weighted by molar-refractivity contribution is 6.86. The van der Waals surface area contributed by atoms with E-state index in [-0.39, 0.29) is 8.80 Å². The first kappa shape index (κ1) is 8.43. The molecule has 0 N–H and O–H groups in total. The van der Waals surface area contributed by atoms with Crippen LogP contribution in [-0.4, -0.2) is 16.9 Å². The standard InChI is InChI=1S/C6H17Si2/c1-7(2)6-8(3,4)5/h6H2,1-5H3. The third-order valence-corrected chi connectivity index (χ3v) is 7.95. The first-order valence-electron chi connectivity index (χ1n) is 3.21. The molecule has 0 aliphatic rings. The summed E-state index contributed by atoms with van der Waals surface area (Å²) >= 11 is 0. The van der Waals surface area contributed by atoms with Gasteiger partial charge in [0.15, 0.2) is 0 Å². The first-order chi connectivity index (χ1) is 3.42. The van der Waals surface area contributed by atoms with E-state index in [1.54, 1.807) is 5.67 Å². The van der Waals surface area contributed by atoms with Crippen LogP contribution in [0.5, 0.6) is 0 Å². The van der Waals surface area contributed by atoms with Crippen LogP contribution in [0.4, 0.5) is 0 Å². The van der Waals surface area contributed by atoms with E-state index in [0.717, 1.165) is 0 Å². The maximum Gasteiger partial charge on any atom is 0.0414 e. The molecule has 0 fully saturated rings. The number of rotatable bonds is 2. The molecule has 0 unspecified atom stereocenters. The zero-order valence-electron chi connectivity index (χ0n) is 6.71. The van der Waals surface area contributed by atoms with Crippen molar-refractivity contribution >= 4 is 16.9 Å². The molecule has 0 aromatic carbocycles. The summed E-state index contributed by atoms with van der Waals surface area (Å²) < 4.78 is 0. The van der Waals surface area contributed by atoms with E-state index < -0.39 is 8.07 Å². The van der Waals surface area contributed by atoms with Gasteiger partial charge >= 0.3 is 0 Å². The molecule has 0 saturated heterocycles. The van der Waals surface area contributed by atoms with E-state index in [1.165, 1.54) is 0 Å². The summed E-state index contributed by atoms with van der Waals surface area (Å²) in [5.41, 5.74) is 1.57. The molecule has 0 saturated carbocycles. The third kappa shape index (κ3) is 6.43. The molecule has 0 atom stereocenters. The van der Waals surface area contributed by atoms with E-state index in [0.29, 0.717) is 0 Å². The van der Waals surface area contributed by atoms with E-state index in [1.807, 2.05) is 0 Å². The predicted molar refractivity (Wildman–Crippen MR) is 45.6 cm³/mol. The molecule has 49 valence electrons. The second-order valence-electron chi connectivity index (χ2n) is 3.94. The summed E-state index contributed by atoms with van der Waals surface area (Å²) in [5.74, 6) is 0. The van der Waals surface area contributed by atoms with Gasteiger partial charge in [0.05, 0.1) is 0 Å². The Morgan fingerprint density at radius 1 is 1.12 bits per heavy atom. The SMILES string of the molecule is C[Si](C)C[Si](C)(C)C. The summed E-state index contributed by atoms with van der Waals surface area (Å²) in [4.78, 5) is 0. The van der Waals surface area contributed by atoms with Crippen molar-refractivity contribution in [1.29, 1.82) is 0 Å². The van der Waals surface area contributed by atoms with Gasteiger partial charge in [0, 0.05) is 16.9 Å². The molecule has 0 rings (SSSR count). The fourth-order valence-corrected chi connectivity index (χ4v) is 9.55. The Hall–Kier alpha value is 0.434. The molecule has 0 amide bonds. The maximum absolute atomic E-state index is 2.45. The first-order valence-corrected chi connectivity index (χ1v) is 9.62. The second-order valence-corrected chi connectivity index (χ2v) is 12.9. The van der Waals surface area contributed by atoms with Crippen molar-refractivity contribution in [1.82, 2.24) is 0 Å². The molecule has 0 spiro atoms. The van der Waals surface area contributed by atoms with Crippen LogP contribution in [0.15, 0.2) is 0 Å². The van der Waals surface area contributed by atoms with Crippen molar-refractivity contribution < 1.29 is 0 Å². The Balaban J connectivity index is 3.39. The van der Waals surface area contributed by atoms with Crippen LogP contribution in [0.2, 0.25) is 38.4 Å². The Kier molecular flexibility index (Phi) is 2.98. The molecule has 0 bridgehead atoms. The van der Waals surface area contributed by atoms with Crippen molar-refractivity contribution in [3.8, 4) is 0 Å². The maximum atomic E-state index is 2.45. The average molecular weight is 145 g/mol. The number of hydrogen-bond donors (Lipinski definition) is 0. The van der Waals surface area contributed by atoms with Crippen molar-refractivity contribution in [3.63, 3.8) is 0 Å². The summed E-state index contributed by atoms with van der Waals surface area (Å²) in [5, 5.41) is 0. The molecule has 8 heavy (non-hydrogen) atoms. The Bertz CT molecular complexity index is 61.4. The molecular weight excluding hydrogens is 128 g/mol. The van der Waals surface area contributed by atoms with Crippen LogP contribution in [0.25, 0.3) is 0 Å². The van der Waals surface area contributed by atoms with Crippen molar-refractivity contribution in [3.05, 3.63) is 0 Å². The van der Waals surface area contributed by atoms with Gasteiger partial charge in [-0.1, -0.05) is 38.4 Å². The molecule has 0 aromatic rings. The predicted octanol–water partition coefficient (Wildman–Crippen LogP) is 2.62. The second kappa shape index (κ2) is 2.83. The highest BCUT2D eigenvalue weighted by Gasteiger charge is 2.14. The van der Waals surface area contributed by atoms with E-state index in [4.69, 9.17) is 0 Å². The lowest BCUT2D eigenvalue weighted by molar-refractivity contribution is 1.59. The Morgan fingerprint density at radius 3 is 1.50 bits per heavy atom. The minimum absolute atomic E-state index is 0.0697. The van der Waals surface area contributed by atoms with Crippen LogP contribution in [-0.2, 0) is 0 Å². The lowest BCUT2D eigenvalue weighted by Gasteiger charge is -2.16. The fraction of sp³-hybridized carbons (Fsp3) is 1.00. The van der Waals surface area contributed by atoms with Gasteiger partial charge in [0.2, 0.25) is 0 Å². The largest absolute Gasteiger partial charge is 0.0715 e. The molecule has 0 aromatic heterocycles. The van der Waals surface area contributed by atoms with Crippen molar-refractivity contribution in [2.75, 3.05) is 0 Å². The lowest BCUT2D eigenvalue weighted by atomic mass is 11.7. The molecular formula is C6H17Si2. The van der Waals surface area contributed by atoms with E-state index >= 15 is 0 Å². The van der Waals surface area contributed by atoms with Crippen LogP contribution in [0, 0.1) is 0 Å². The van der Waals surface area contributed by atoms with Gasteiger partial charge in [-0.2, -0.15) is 0 Å². The summed E-state index contributed by atoms with van der Waals surface area (Å²) in [7, 11) is -0.605. The van der Waals surface area contributed by atoms with E-state index in [2.05, 4.69) is 32.7 Å². The average Bonchev–Trinajstić information content (AvgIpc) is 1.21. The van der Waals surface area contributed by atoms with Gasteiger partial charge < -0.3 is 0 Å². The van der Waals surface area contributed by atoms with Crippen LogP contribution in [0.3, 0.4) is 0 Å². The van der Waals surface area contributed by atoms with Gasteiger partial charge in [-0.05, 0) is 0 Å². The normalized spacial score (nSPS) is 12.8. The summed E-state index contributed by atoms with van der Waals surface area (Å²) in [6, 6.07) is 0. The van der Waals surface area contributed by atoms with Gasteiger partial charge in [0.25, 0.3) is 0 Å². The molecule has 0 heterocycles. The van der Waals surface area contributed by atoms with Crippen LogP contribution >= 0.6 is 0 Å². The summed E-state index contributed by atoms with van der Waals surface area (Å²) in [6.07, 6.45) is 0. The third-order valence-electron chi connectivity index (χ3n) is 0.884. The molecule has 0 aliphatic heterocycles. The molecule has 0 nitrogen and oxygen atoms in total. The van der Waals surface area contributed by atoms with Crippen molar-refractivity contribution in [2.24, 2.45) is 0 Å². The quantitative estimate of drug-likeness (QED) is 0.524. The van der Waals surface area contributed by atoms with Crippen LogP contribution < -0.4 is 0 Å². The minimum atomic E-state index is -0.675. The monoisotopic (exact) mass is 145 g/mol. The summed E-state index contributed by atoms with van der Waals surface area (Å²) in [6.45, 7) is 12.2. The van der Waals surface area contributed by atoms with Crippen LogP contribution in [0.1, 0.15) is 0 Å². The Labute approximate surface area is 55.9 Å². The minimum Gasteiger partial charge on any atom is -0.0715 e.